The molecule has 1 rings (SSSR count). The number of ether oxygens (including phenoxy) is 2. The summed E-state index contributed by atoms with van der Waals surface area (Å²) in [6, 6.07) is -0.670. The maximum Gasteiger partial charge on any atom is 0.328 e. The van der Waals surface area contributed by atoms with E-state index >= 15 is 0 Å². The van der Waals surface area contributed by atoms with E-state index in [0.29, 0.717) is 12.8 Å². The molecule has 0 spiro atoms. The number of esters is 2. The van der Waals surface area contributed by atoms with Gasteiger partial charge in [-0.05, 0) is 31.6 Å². The second-order valence-electron chi connectivity index (χ2n) is 13.2. The first-order chi connectivity index (χ1) is 18.5. The van der Waals surface area contributed by atoms with Gasteiger partial charge in [0.2, 0.25) is 5.91 Å². The summed E-state index contributed by atoms with van der Waals surface area (Å²) in [6.07, 6.45) is 17.8. The van der Waals surface area contributed by atoms with Crippen LogP contribution in [0.1, 0.15) is 158 Å². The van der Waals surface area contributed by atoms with Crippen LogP contribution >= 0.6 is 0 Å². The Balaban J connectivity index is 2.75. The number of rotatable bonds is 22. The zero-order valence-corrected chi connectivity index (χ0v) is 26.4. The highest BCUT2D eigenvalue weighted by molar-refractivity contribution is 5.87. The Morgan fingerprint density at radius 3 is 1.92 bits per heavy atom. The van der Waals surface area contributed by atoms with Crippen LogP contribution in [-0.2, 0) is 23.9 Å². The van der Waals surface area contributed by atoms with Gasteiger partial charge in [-0.3, -0.25) is 9.59 Å². The third kappa shape index (κ3) is 15.1. The molecule has 1 unspecified atom stereocenters. The topological polar surface area (TPSA) is 81.7 Å². The van der Waals surface area contributed by atoms with Crippen LogP contribution in [0, 0.1) is 17.3 Å². The average molecular weight is 552 g/mol. The van der Waals surface area contributed by atoms with Crippen LogP contribution < -0.4 is 5.32 Å². The molecule has 0 aromatic rings. The zero-order chi connectivity index (χ0) is 29.3. The molecule has 1 heterocycles. The summed E-state index contributed by atoms with van der Waals surface area (Å²) >= 11 is 0. The number of cyclic esters (lactones) is 1. The van der Waals surface area contributed by atoms with Crippen LogP contribution in [0.5, 0.6) is 0 Å². The van der Waals surface area contributed by atoms with Gasteiger partial charge >= 0.3 is 11.9 Å². The van der Waals surface area contributed by atoms with E-state index in [1.54, 1.807) is 0 Å². The second kappa shape index (κ2) is 19.5. The van der Waals surface area contributed by atoms with Crippen molar-refractivity contribution in [3.8, 4) is 0 Å². The molecule has 4 atom stereocenters. The van der Waals surface area contributed by atoms with Gasteiger partial charge in [-0.1, -0.05) is 126 Å². The van der Waals surface area contributed by atoms with Crippen LogP contribution in [0.2, 0.25) is 0 Å². The van der Waals surface area contributed by atoms with E-state index < -0.39 is 11.5 Å². The Morgan fingerprint density at radius 2 is 1.41 bits per heavy atom. The van der Waals surface area contributed by atoms with Gasteiger partial charge in [-0.25, -0.2) is 4.79 Å². The molecular weight excluding hydrogens is 490 g/mol. The van der Waals surface area contributed by atoms with E-state index in [2.05, 4.69) is 19.2 Å². The molecule has 1 saturated heterocycles. The zero-order valence-electron chi connectivity index (χ0n) is 26.4. The smallest absolute Gasteiger partial charge is 0.328 e. The molecule has 1 amide bonds. The maximum atomic E-state index is 13.3. The molecule has 1 aliphatic heterocycles. The van der Waals surface area contributed by atoms with Crippen molar-refractivity contribution in [2.24, 2.45) is 17.3 Å². The fraction of sp³-hybridized carbons (Fsp3) is 0.909. The predicted octanol–water partition coefficient (Wildman–Crippen LogP) is 8.30. The number of unbranched alkanes of at least 4 members (excludes halogenated alkanes) is 11. The number of carbonyl (C=O) groups excluding carboxylic acids is 3. The summed E-state index contributed by atoms with van der Waals surface area (Å²) in [7, 11) is 0. The lowest BCUT2D eigenvalue weighted by atomic mass is 9.86. The number of amides is 1. The normalized spacial score (nSPS) is 18.8. The van der Waals surface area contributed by atoms with Gasteiger partial charge in [-0.2, -0.15) is 0 Å². The number of nitrogens with one attached hydrogen (secondary N) is 1. The highest BCUT2D eigenvalue weighted by Gasteiger charge is 2.43. The Bertz CT molecular complexity index is 699. The lowest BCUT2D eigenvalue weighted by Crippen LogP contribution is -2.49. The Labute approximate surface area is 240 Å². The monoisotopic (exact) mass is 551 g/mol. The summed E-state index contributed by atoms with van der Waals surface area (Å²) in [6.45, 7) is 14.0. The van der Waals surface area contributed by atoms with Gasteiger partial charge < -0.3 is 14.8 Å². The number of hydrogen-bond donors (Lipinski definition) is 1. The van der Waals surface area contributed by atoms with Crippen LogP contribution in [0.3, 0.4) is 0 Å². The first-order valence-corrected chi connectivity index (χ1v) is 16.2. The lowest BCUT2D eigenvalue weighted by Gasteiger charge is -2.37. The molecule has 0 aromatic carbocycles. The van der Waals surface area contributed by atoms with Crippen LogP contribution in [0.25, 0.3) is 0 Å². The third-order valence-electron chi connectivity index (χ3n) is 7.77. The van der Waals surface area contributed by atoms with Gasteiger partial charge in [-0.15, -0.1) is 0 Å². The molecule has 228 valence electrons. The molecule has 0 radical (unpaired) electrons. The minimum absolute atomic E-state index is 0.0850. The molecule has 39 heavy (non-hydrogen) atoms. The lowest BCUT2D eigenvalue weighted by molar-refractivity contribution is -0.190. The first kappa shape index (κ1) is 35.4. The van der Waals surface area contributed by atoms with Crippen LogP contribution in [0.4, 0.5) is 0 Å². The van der Waals surface area contributed by atoms with Crippen molar-refractivity contribution in [3.05, 3.63) is 0 Å². The van der Waals surface area contributed by atoms with Crippen molar-refractivity contribution >= 4 is 17.8 Å². The minimum Gasteiger partial charge on any atom is -0.461 e. The van der Waals surface area contributed by atoms with Crippen molar-refractivity contribution in [1.82, 2.24) is 5.32 Å². The molecular formula is C33H61NO5. The van der Waals surface area contributed by atoms with E-state index in [1.807, 2.05) is 34.6 Å². The van der Waals surface area contributed by atoms with Crippen molar-refractivity contribution in [3.63, 3.8) is 0 Å². The van der Waals surface area contributed by atoms with Gasteiger partial charge in [0.15, 0.2) is 0 Å². The van der Waals surface area contributed by atoms with E-state index in [1.165, 1.54) is 57.8 Å². The molecule has 0 bridgehead atoms. The van der Waals surface area contributed by atoms with E-state index in [9.17, 15) is 14.4 Å². The SMILES string of the molecule is CCCCCCCCCCC[C@@H](C[C@@H]1OC(=O)[C@H]1CCCCCC)OC(=O)C(CC(C)C)NC(=O)C(C)(C)C. The fourth-order valence-corrected chi connectivity index (χ4v) is 5.18. The summed E-state index contributed by atoms with van der Waals surface area (Å²) in [5.74, 6) is -0.482. The summed E-state index contributed by atoms with van der Waals surface area (Å²) in [5, 5.41) is 2.94. The summed E-state index contributed by atoms with van der Waals surface area (Å²) in [5.41, 5.74) is -0.587. The summed E-state index contributed by atoms with van der Waals surface area (Å²) < 4.78 is 11.6. The second-order valence-corrected chi connectivity index (χ2v) is 13.2. The predicted molar refractivity (Wildman–Crippen MR) is 159 cm³/mol. The molecule has 0 aliphatic carbocycles. The standard InChI is InChI=1S/C33H61NO5/c1-8-10-12-14-15-16-17-18-19-21-26(24-29-27(30(35)39-29)22-20-13-11-9-2)38-31(36)28(23-25(3)4)34-32(37)33(5,6)7/h25-29H,8-24H2,1-7H3,(H,34,37)/t26-,27-,28?,29-/m0/s1. The van der Waals surface area contributed by atoms with Crippen molar-refractivity contribution in [2.45, 2.75) is 176 Å². The van der Waals surface area contributed by atoms with Crippen LogP contribution in [-0.4, -0.2) is 36.1 Å². The summed E-state index contributed by atoms with van der Waals surface area (Å²) in [4.78, 5) is 38.2. The molecule has 6 nitrogen and oxygen atoms in total. The molecule has 1 fully saturated rings. The van der Waals surface area contributed by atoms with E-state index in [4.69, 9.17) is 9.47 Å². The number of carbonyl (C=O) groups is 3. The average Bonchev–Trinajstić information content (AvgIpc) is 2.85. The van der Waals surface area contributed by atoms with Gasteiger partial charge in [0.05, 0.1) is 5.92 Å². The van der Waals surface area contributed by atoms with Gasteiger partial charge in [0.25, 0.3) is 0 Å². The van der Waals surface area contributed by atoms with Gasteiger partial charge in [0.1, 0.15) is 18.2 Å². The highest BCUT2D eigenvalue weighted by atomic mass is 16.6. The maximum absolute atomic E-state index is 13.3. The van der Waals surface area contributed by atoms with Crippen molar-refractivity contribution < 1.29 is 23.9 Å². The van der Waals surface area contributed by atoms with E-state index in [-0.39, 0.29) is 41.9 Å². The fourth-order valence-electron chi connectivity index (χ4n) is 5.18. The molecule has 6 heteroatoms. The Kier molecular flexibility index (Phi) is 17.7. The molecule has 1 aliphatic rings. The third-order valence-corrected chi connectivity index (χ3v) is 7.77. The van der Waals surface area contributed by atoms with Crippen molar-refractivity contribution in [1.29, 1.82) is 0 Å². The minimum atomic E-state index is -0.670. The molecule has 0 saturated carbocycles. The quantitative estimate of drug-likeness (QED) is 0.108. The largest absolute Gasteiger partial charge is 0.461 e. The Hall–Kier alpha value is -1.59. The van der Waals surface area contributed by atoms with Crippen LogP contribution in [0.15, 0.2) is 0 Å². The molecule has 0 aromatic heterocycles. The number of hydrogen-bond acceptors (Lipinski definition) is 5. The van der Waals surface area contributed by atoms with E-state index in [0.717, 1.165) is 38.5 Å². The highest BCUT2D eigenvalue weighted by Crippen LogP contribution is 2.33. The van der Waals surface area contributed by atoms with Gasteiger partial charge in [0, 0.05) is 11.8 Å². The molecule has 1 N–H and O–H groups in total. The van der Waals surface area contributed by atoms with Crippen molar-refractivity contribution in [2.75, 3.05) is 0 Å². The first-order valence-electron chi connectivity index (χ1n) is 16.2. The Morgan fingerprint density at radius 1 is 0.872 bits per heavy atom.